The Morgan fingerprint density at radius 1 is 1.15 bits per heavy atom. The van der Waals surface area contributed by atoms with Crippen molar-refractivity contribution in [3.63, 3.8) is 0 Å². The largest absolute Gasteiger partial charge is 0.394 e. The molecule has 2 rings (SSSR count). The molecule has 0 aromatic carbocycles. The van der Waals surface area contributed by atoms with E-state index in [-0.39, 0.29) is 11.8 Å². The highest BCUT2D eigenvalue weighted by atomic mass is 16.6. The van der Waals surface area contributed by atoms with E-state index in [1.165, 1.54) is 0 Å². The van der Waals surface area contributed by atoms with Crippen LogP contribution in [0.25, 0.3) is 0 Å². The number of fused-ring (bicyclic) bond motifs is 2. The Morgan fingerprint density at radius 3 is 2.30 bits per heavy atom. The predicted octanol–water partition coefficient (Wildman–Crippen LogP) is -2.11. The molecule has 5 N–H and O–H groups in total. The van der Waals surface area contributed by atoms with E-state index in [9.17, 15) is 30.5 Å². The molecule has 0 heterocycles. The van der Waals surface area contributed by atoms with Crippen LogP contribution in [0.3, 0.4) is 0 Å². The van der Waals surface area contributed by atoms with E-state index in [1.807, 2.05) is 0 Å². The summed E-state index contributed by atoms with van der Waals surface area (Å²) in [7, 11) is 0. The second kappa shape index (κ2) is 5.74. The predicted molar refractivity (Wildman–Crippen MR) is 66.1 cm³/mol. The van der Waals surface area contributed by atoms with Gasteiger partial charge in [0.2, 0.25) is 6.04 Å². The van der Waals surface area contributed by atoms with Crippen LogP contribution in [0.1, 0.15) is 6.42 Å². The maximum atomic E-state index is 11.1. The van der Waals surface area contributed by atoms with Gasteiger partial charge in [0.05, 0.1) is 18.6 Å². The van der Waals surface area contributed by atoms with Gasteiger partial charge in [-0.1, -0.05) is 12.2 Å². The summed E-state index contributed by atoms with van der Waals surface area (Å²) >= 11 is 0. The minimum Gasteiger partial charge on any atom is -0.394 e. The highest BCUT2D eigenvalue weighted by Crippen LogP contribution is 2.47. The number of nitro groups is 1. The van der Waals surface area contributed by atoms with Crippen molar-refractivity contribution in [1.82, 2.24) is 0 Å². The average Bonchev–Trinajstić information content (AvgIpc) is 3.04. The topological polar surface area (TPSA) is 144 Å². The number of aliphatic hydroxyl groups is 5. The van der Waals surface area contributed by atoms with Gasteiger partial charge in [-0.3, -0.25) is 10.1 Å². The second-order valence-corrected chi connectivity index (χ2v) is 5.52. The van der Waals surface area contributed by atoms with Gasteiger partial charge < -0.3 is 25.5 Å². The average molecular weight is 289 g/mol. The summed E-state index contributed by atoms with van der Waals surface area (Å²) in [6.07, 6.45) is -2.60. The van der Waals surface area contributed by atoms with Gasteiger partial charge in [0, 0.05) is 10.8 Å². The summed E-state index contributed by atoms with van der Waals surface area (Å²) in [5.74, 6) is -1.31. The first kappa shape index (κ1) is 15.3. The Kier molecular flexibility index (Phi) is 4.40. The fourth-order valence-electron chi connectivity index (χ4n) is 3.35. The SMILES string of the molecule is O=[N+]([O-])[C@@H]1[C@@H]([C@@H](O)[C@@H](O)[C@H](O)[C@@H](O)CO)[C@@H]2C=C[C@H]1C2. The van der Waals surface area contributed by atoms with E-state index in [0.717, 1.165) is 0 Å². The number of nitrogens with zero attached hydrogens (tertiary/aromatic N) is 1. The molecule has 8 nitrogen and oxygen atoms in total. The summed E-state index contributed by atoms with van der Waals surface area (Å²) in [5, 5.41) is 58.7. The molecule has 114 valence electrons. The lowest BCUT2D eigenvalue weighted by Gasteiger charge is -2.32. The molecule has 0 aliphatic heterocycles. The fourth-order valence-corrected chi connectivity index (χ4v) is 3.35. The van der Waals surface area contributed by atoms with Crippen LogP contribution in [-0.4, -0.2) is 67.5 Å². The number of aliphatic hydroxyl groups excluding tert-OH is 5. The zero-order valence-corrected chi connectivity index (χ0v) is 10.7. The van der Waals surface area contributed by atoms with Crippen molar-refractivity contribution in [1.29, 1.82) is 0 Å². The first-order valence-corrected chi connectivity index (χ1v) is 6.53. The lowest BCUT2D eigenvalue weighted by Crippen LogP contribution is -2.52. The van der Waals surface area contributed by atoms with Crippen LogP contribution in [0.4, 0.5) is 0 Å². The van der Waals surface area contributed by atoms with Crippen molar-refractivity contribution in [2.45, 2.75) is 36.9 Å². The molecule has 2 bridgehead atoms. The summed E-state index contributed by atoms with van der Waals surface area (Å²) in [6, 6.07) is -1.01. The molecule has 1 saturated carbocycles. The quantitative estimate of drug-likeness (QED) is 0.214. The molecular weight excluding hydrogens is 270 g/mol. The molecule has 8 atom stereocenters. The van der Waals surface area contributed by atoms with Crippen LogP contribution in [0.5, 0.6) is 0 Å². The monoisotopic (exact) mass is 289 g/mol. The number of allylic oxidation sites excluding steroid dienone is 1. The molecule has 20 heavy (non-hydrogen) atoms. The van der Waals surface area contributed by atoms with Crippen molar-refractivity contribution in [3.05, 3.63) is 22.3 Å². The summed E-state index contributed by atoms with van der Waals surface area (Å²) in [6.45, 7) is -0.778. The van der Waals surface area contributed by atoms with Gasteiger partial charge >= 0.3 is 0 Å². The fraction of sp³-hybridized carbons (Fsp3) is 0.833. The Balaban J connectivity index is 2.13. The second-order valence-electron chi connectivity index (χ2n) is 5.52. The van der Waals surface area contributed by atoms with Gasteiger partial charge in [0.1, 0.15) is 18.3 Å². The minimum atomic E-state index is -1.76. The van der Waals surface area contributed by atoms with Crippen molar-refractivity contribution >= 4 is 0 Å². The van der Waals surface area contributed by atoms with E-state index >= 15 is 0 Å². The maximum absolute atomic E-state index is 11.1. The molecule has 0 aromatic rings. The van der Waals surface area contributed by atoms with Gasteiger partial charge in [0.15, 0.2) is 0 Å². The molecule has 2 aliphatic carbocycles. The van der Waals surface area contributed by atoms with Crippen molar-refractivity contribution < 1.29 is 30.5 Å². The Labute approximate surface area is 115 Å². The van der Waals surface area contributed by atoms with Crippen LogP contribution in [0, 0.1) is 27.9 Å². The van der Waals surface area contributed by atoms with Crippen molar-refractivity contribution in [2.75, 3.05) is 6.61 Å². The zero-order valence-electron chi connectivity index (χ0n) is 10.7. The van der Waals surface area contributed by atoms with Crippen LogP contribution >= 0.6 is 0 Å². The zero-order chi connectivity index (χ0) is 15.0. The Bertz CT molecular complexity index is 401. The Hall–Kier alpha value is -1.06. The first-order chi connectivity index (χ1) is 9.38. The highest BCUT2D eigenvalue weighted by molar-refractivity contribution is 5.16. The molecule has 0 spiro atoms. The van der Waals surface area contributed by atoms with E-state index < -0.39 is 47.9 Å². The number of hydrogen-bond acceptors (Lipinski definition) is 7. The summed E-state index contributed by atoms with van der Waals surface area (Å²) in [5.41, 5.74) is 0. The highest BCUT2D eigenvalue weighted by Gasteiger charge is 2.56. The number of hydrogen-bond donors (Lipinski definition) is 5. The van der Waals surface area contributed by atoms with Crippen LogP contribution in [-0.2, 0) is 0 Å². The molecule has 0 unspecified atom stereocenters. The van der Waals surface area contributed by atoms with Gasteiger partial charge in [-0.15, -0.1) is 0 Å². The third-order valence-electron chi connectivity index (χ3n) is 4.40. The third kappa shape index (κ3) is 2.45. The molecule has 0 aromatic heterocycles. The first-order valence-electron chi connectivity index (χ1n) is 6.53. The van der Waals surface area contributed by atoms with E-state index in [2.05, 4.69) is 0 Å². The van der Waals surface area contributed by atoms with Gasteiger partial charge in [-0.2, -0.15) is 0 Å². The van der Waals surface area contributed by atoms with E-state index in [0.29, 0.717) is 6.42 Å². The minimum absolute atomic E-state index is 0.224. The lowest BCUT2D eigenvalue weighted by atomic mass is 9.81. The smallest absolute Gasteiger partial charge is 0.225 e. The molecule has 0 saturated heterocycles. The molecule has 0 amide bonds. The van der Waals surface area contributed by atoms with Crippen LogP contribution < -0.4 is 0 Å². The normalized spacial score (nSPS) is 37.6. The maximum Gasteiger partial charge on any atom is 0.225 e. The third-order valence-corrected chi connectivity index (χ3v) is 4.40. The van der Waals surface area contributed by atoms with E-state index in [1.54, 1.807) is 12.2 Å². The Morgan fingerprint density at radius 2 is 1.75 bits per heavy atom. The van der Waals surface area contributed by atoms with Gasteiger partial charge in [0.25, 0.3) is 0 Å². The molecule has 2 aliphatic rings. The van der Waals surface area contributed by atoms with Crippen molar-refractivity contribution in [3.8, 4) is 0 Å². The van der Waals surface area contributed by atoms with Gasteiger partial charge in [-0.05, 0) is 12.3 Å². The molecule has 8 heteroatoms. The summed E-state index contributed by atoms with van der Waals surface area (Å²) < 4.78 is 0. The van der Waals surface area contributed by atoms with Crippen molar-refractivity contribution in [2.24, 2.45) is 17.8 Å². The van der Waals surface area contributed by atoms with Crippen LogP contribution in [0.15, 0.2) is 12.2 Å². The molecule has 0 radical (unpaired) electrons. The lowest BCUT2D eigenvalue weighted by molar-refractivity contribution is -0.538. The standard InChI is InChI=1S/C12H19NO7/c14-4-7(15)10(16)12(18)11(17)8-5-1-2-6(3-5)9(8)13(19)20/h1-2,5-12,14-18H,3-4H2/t5-,6+,7+,8+,9+,10-,11-,12+/m1/s1. The number of rotatable bonds is 6. The molecular formula is C12H19NO7. The summed E-state index contributed by atoms with van der Waals surface area (Å²) in [4.78, 5) is 10.6. The van der Waals surface area contributed by atoms with Gasteiger partial charge in [-0.25, -0.2) is 0 Å². The van der Waals surface area contributed by atoms with Crippen LogP contribution in [0.2, 0.25) is 0 Å². The molecule has 1 fully saturated rings. The van der Waals surface area contributed by atoms with E-state index in [4.69, 9.17) is 5.11 Å².